The highest BCUT2D eigenvalue weighted by molar-refractivity contribution is 5.85. The van der Waals surface area contributed by atoms with E-state index in [1.54, 1.807) is 0 Å². The number of halogens is 2. The molecular weight excluding hydrogens is 255 g/mol. The molecule has 1 heterocycles. The normalized spacial score (nSPS) is 20.4. The van der Waals surface area contributed by atoms with Gasteiger partial charge in [-0.15, -0.1) is 12.4 Å². The summed E-state index contributed by atoms with van der Waals surface area (Å²) in [4.78, 5) is 2.35. The number of piperazine rings is 1. The molecule has 5 heteroatoms. The first kappa shape index (κ1) is 15.4. The second-order valence-electron chi connectivity index (χ2n) is 4.47. The van der Waals surface area contributed by atoms with Crippen molar-refractivity contribution in [1.82, 2.24) is 10.2 Å². The molecule has 18 heavy (non-hydrogen) atoms. The smallest absolute Gasteiger partial charge is 0.123 e. The van der Waals surface area contributed by atoms with Gasteiger partial charge in [-0.25, -0.2) is 4.39 Å². The van der Waals surface area contributed by atoms with E-state index in [1.165, 1.54) is 12.1 Å². The maximum Gasteiger partial charge on any atom is 0.123 e. The van der Waals surface area contributed by atoms with Crippen LogP contribution in [0, 0.1) is 5.82 Å². The molecule has 0 amide bonds. The minimum absolute atomic E-state index is 0. The van der Waals surface area contributed by atoms with Crippen molar-refractivity contribution >= 4 is 12.4 Å². The third kappa shape index (κ3) is 4.21. The fourth-order valence-electron chi connectivity index (χ4n) is 2.27. The lowest BCUT2D eigenvalue weighted by molar-refractivity contribution is 0.123. The lowest BCUT2D eigenvalue weighted by Gasteiger charge is -2.36. The van der Waals surface area contributed by atoms with E-state index in [9.17, 15) is 4.39 Å². The SMILES string of the molecule is Cl.OCCC1CNCCN1Cc1ccc(F)cc1. The van der Waals surface area contributed by atoms with Crippen LogP contribution >= 0.6 is 12.4 Å². The average molecular weight is 275 g/mol. The van der Waals surface area contributed by atoms with Crippen LogP contribution in [0.15, 0.2) is 24.3 Å². The van der Waals surface area contributed by atoms with Crippen molar-refractivity contribution in [1.29, 1.82) is 0 Å². The van der Waals surface area contributed by atoms with E-state index in [2.05, 4.69) is 10.2 Å². The summed E-state index contributed by atoms with van der Waals surface area (Å²) >= 11 is 0. The van der Waals surface area contributed by atoms with Gasteiger partial charge in [0.25, 0.3) is 0 Å². The molecule has 1 unspecified atom stereocenters. The average Bonchev–Trinajstić information content (AvgIpc) is 2.35. The van der Waals surface area contributed by atoms with E-state index < -0.39 is 0 Å². The summed E-state index contributed by atoms with van der Waals surface area (Å²) in [5.41, 5.74) is 1.12. The Hall–Kier alpha value is -0.680. The van der Waals surface area contributed by atoms with E-state index in [0.717, 1.165) is 38.2 Å². The monoisotopic (exact) mass is 274 g/mol. The second kappa shape index (κ2) is 7.69. The summed E-state index contributed by atoms with van der Waals surface area (Å²) in [7, 11) is 0. The van der Waals surface area contributed by atoms with Gasteiger partial charge in [-0.05, 0) is 24.1 Å². The highest BCUT2D eigenvalue weighted by Crippen LogP contribution is 2.13. The minimum atomic E-state index is -0.194. The highest BCUT2D eigenvalue weighted by Gasteiger charge is 2.21. The largest absolute Gasteiger partial charge is 0.396 e. The molecule has 1 atom stereocenters. The van der Waals surface area contributed by atoms with Crippen LogP contribution in [0.25, 0.3) is 0 Å². The summed E-state index contributed by atoms with van der Waals surface area (Å²) in [6.45, 7) is 3.91. The molecular formula is C13H20ClFN2O. The van der Waals surface area contributed by atoms with Gasteiger partial charge in [0.15, 0.2) is 0 Å². The summed E-state index contributed by atoms with van der Waals surface area (Å²) in [5.74, 6) is -0.194. The Morgan fingerprint density at radius 2 is 2.06 bits per heavy atom. The quantitative estimate of drug-likeness (QED) is 0.871. The summed E-state index contributed by atoms with van der Waals surface area (Å²) in [6.07, 6.45) is 0.786. The Morgan fingerprint density at radius 3 is 2.72 bits per heavy atom. The van der Waals surface area contributed by atoms with Crippen molar-refractivity contribution in [3.05, 3.63) is 35.6 Å². The Bertz CT molecular complexity index is 345. The van der Waals surface area contributed by atoms with Crippen LogP contribution in [0.1, 0.15) is 12.0 Å². The van der Waals surface area contributed by atoms with Gasteiger partial charge in [0.2, 0.25) is 0 Å². The van der Waals surface area contributed by atoms with Crippen molar-refractivity contribution in [3.8, 4) is 0 Å². The molecule has 102 valence electrons. The van der Waals surface area contributed by atoms with Gasteiger partial charge in [-0.1, -0.05) is 12.1 Å². The first-order valence-corrected chi connectivity index (χ1v) is 6.09. The third-order valence-electron chi connectivity index (χ3n) is 3.23. The number of aliphatic hydroxyl groups is 1. The van der Waals surface area contributed by atoms with Gasteiger partial charge >= 0.3 is 0 Å². The molecule has 0 spiro atoms. The second-order valence-corrected chi connectivity index (χ2v) is 4.47. The van der Waals surface area contributed by atoms with Crippen molar-refractivity contribution in [2.45, 2.75) is 19.0 Å². The number of benzene rings is 1. The lowest BCUT2D eigenvalue weighted by atomic mass is 10.1. The van der Waals surface area contributed by atoms with Gasteiger partial charge in [0.1, 0.15) is 5.82 Å². The zero-order valence-electron chi connectivity index (χ0n) is 10.3. The molecule has 2 N–H and O–H groups in total. The van der Waals surface area contributed by atoms with E-state index >= 15 is 0 Å². The van der Waals surface area contributed by atoms with Crippen molar-refractivity contribution in [3.63, 3.8) is 0 Å². The Balaban J connectivity index is 0.00000162. The molecule has 1 aliphatic rings. The fraction of sp³-hybridized carbons (Fsp3) is 0.538. The lowest BCUT2D eigenvalue weighted by Crippen LogP contribution is -2.51. The van der Waals surface area contributed by atoms with Gasteiger partial charge in [-0.2, -0.15) is 0 Å². The molecule has 0 bridgehead atoms. The molecule has 2 rings (SSSR count). The standard InChI is InChI=1S/C13H19FN2O.ClH/c14-12-3-1-11(2-4-12)10-16-7-6-15-9-13(16)5-8-17;/h1-4,13,15,17H,5-10H2;1H. The number of rotatable bonds is 4. The molecule has 1 aromatic rings. The summed E-state index contributed by atoms with van der Waals surface area (Å²) < 4.78 is 12.8. The number of hydrogen-bond donors (Lipinski definition) is 2. The summed E-state index contributed by atoms with van der Waals surface area (Å²) in [5, 5.41) is 12.4. The van der Waals surface area contributed by atoms with Gasteiger partial charge < -0.3 is 10.4 Å². The predicted octanol–water partition coefficient (Wildman–Crippen LogP) is 1.40. The third-order valence-corrected chi connectivity index (χ3v) is 3.23. The molecule has 1 aromatic carbocycles. The number of nitrogens with one attached hydrogen (secondary N) is 1. The Labute approximate surface area is 113 Å². The molecule has 1 aliphatic heterocycles. The molecule has 0 aromatic heterocycles. The van der Waals surface area contributed by atoms with Crippen LogP contribution in [0.5, 0.6) is 0 Å². The molecule has 0 aliphatic carbocycles. The number of aliphatic hydroxyl groups excluding tert-OH is 1. The number of nitrogens with zero attached hydrogens (tertiary/aromatic N) is 1. The van der Waals surface area contributed by atoms with Crippen LogP contribution in [0.2, 0.25) is 0 Å². The zero-order valence-corrected chi connectivity index (χ0v) is 11.1. The van der Waals surface area contributed by atoms with E-state index in [1.807, 2.05) is 12.1 Å². The molecule has 1 saturated heterocycles. The van der Waals surface area contributed by atoms with Crippen molar-refractivity contribution in [2.24, 2.45) is 0 Å². The van der Waals surface area contributed by atoms with Crippen molar-refractivity contribution < 1.29 is 9.50 Å². The maximum absolute atomic E-state index is 12.8. The van der Waals surface area contributed by atoms with Crippen LogP contribution < -0.4 is 5.32 Å². The maximum atomic E-state index is 12.8. The molecule has 0 radical (unpaired) electrons. The first-order valence-electron chi connectivity index (χ1n) is 6.09. The van der Waals surface area contributed by atoms with Gasteiger partial charge in [-0.3, -0.25) is 4.90 Å². The van der Waals surface area contributed by atoms with Crippen LogP contribution in [0.3, 0.4) is 0 Å². The Morgan fingerprint density at radius 1 is 1.33 bits per heavy atom. The van der Waals surface area contributed by atoms with Crippen LogP contribution in [-0.2, 0) is 6.54 Å². The first-order chi connectivity index (χ1) is 8.29. The fourth-order valence-corrected chi connectivity index (χ4v) is 2.27. The predicted molar refractivity (Wildman–Crippen MR) is 72.4 cm³/mol. The van der Waals surface area contributed by atoms with E-state index in [-0.39, 0.29) is 24.8 Å². The zero-order chi connectivity index (χ0) is 12.1. The molecule has 1 fully saturated rings. The Kier molecular flexibility index (Phi) is 6.57. The van der Waals surface area contributed by atoms with E-state index in [4.69, 9.17) is 5.11 Å². The topological polar surface area (TPSA) is 35.5 Å². The van der Waals surface area contributed by atoms with Crippen molar-refractivity contribution in [2.75, 3.05) is 26.2 Å². The van der Waals surface area contributed by atoms with Gasteiger partial charge in [0, 0.05) is 38.8 Å². The number of hydrogen-bond acceptors (Lipinski definition) is 3. The van der Waals surface area contributed by atoms with Crippen LogP contribution in [0.4, 0.5) is 4.39 Å². The molecule has 3 nitrogen and oxygen atoms in total. The highest BCUT2D eigenvalue weighted by atomic mass is 35.5. The summed E-state index contributed by atoms with van der Waals surface area (Å²) in [6, 6.07) is 7.02. The molecule has 0 saturated carbocycles. The minimum Gasteiger partial charge on any atom is -0.396 e. The van der Waals surface area contributed by atoms with E-state index in [0.29, 0.717) is 6.04 Å². The van der Waals surface area contributed by atoms with Gasteiger partial charge in [0.05, 0.1) is 0 Å². The van der Waals surface area contributed by atoms with Crippen LogP contribution in [-0.4, -0.2) is 42.3 Å².